The molecule has 0 unspecified atom stereocenters. The van der Waals surface area contributed by atoms with Gasteiger partial charge in [-0.1, -0.05) is 0 Å². The molecule has 0 fully saturated rings. The number of methoxy groups -OCH3 is 1. The topological polar surface area (TPSA) is 45.9 Å². The molecular formula is C14H14N2OS. The summed E-state index contributed by atoms with van der Waals surface area (Å²) in [5.41, 5.74) is 3.95. The van der Waals surface area contributed by atoms with Crippen LogP contribution in [0.15, 0.2) is 12.1 Å². The zero-order valence-electron chi connectivity index (χ0n) is 10.9. The van der Waals surface area contributed by atoms with Gasteiger partial charge in [-0.2, -0.15) is 5.26 Å². The predicted octanol–water partition coefficient (Wildman–Crippen LogP) is 3.62. The first-order chi connectivity index (χ1) is 8.56. The summed E-state index contributed by atoms with van der Waals surface area (Å²) in [6, 6.07) is 6.22. The Balaban J connectivity index is 2.70. The van der Waals surface area contributed by atoms with Crippen LogP contribution in [0.1, 0.15) is 21.0 Å². The molecule has 3 nitrogen and oxygen atoms in total. The monoisotopic (exact) mass is 258 g/mol. The second kappa shape index (κ2) is 4.79. The van der Waals surface area contributed by atoms with Crippen molar-refractivity contribution in [2.24, 2.45) is 0 Å². The van der Waals surface area contributed by atoms with Crippen molar-refractivity contribution in [1.29, 1.82) is 5.26 Å². The molecule has 92 valence electrons. The van der Waals surface area contributed by atoms with Crippen molar-refractivity contribution in [2.45, 2.75) is 20.8 Å². The average molecular weight is 258 g/mol. The molecule has 0 saturated heterocycles. The molecule has 0 aliphatic rings. The van der Waals surface area contributed by atoms with Gasteiger partial charge in [0, 0.05) is 5.56 Å². The summed E-state index contributed by atoms with van der Waals surface area (Å²) in [4.78, 5) is 5.08. The lowest BCUT2D eigenvalue weighted by molar-refractivity contribution is 0.416. The lowest BCUT2D eigenvalue weighted by Gasteiger charge is -2.10. The van der Waals surface area contributed by atoms with E-state index in [1.165, 1.54) is 22.5 Å². The zero-order valence-corrected chi connectivity index (χ0v) is 11.7. The Morgan fingerprint density at radius 2 is 1.89 bits per heavy atom. The van der Waals surface area contributed by atoms with Gasteiger partial charge in [-0.25, -0.2) is 4.98 Å². The number of benzene rings is 1. The molecule has 0 atom stereocenters. The van der Waals surface area contributed by atoms with Gasteiger partial charge in [0.05, 0.1) is 12.1 Å². The first-order valence-electron chi connectivity index (χ1n) is 5.60. The quantitative estimate of drug-likeness (QED) is 0.826. The summed E-state index contributed by atoms with van der Waals surface area (Å²) in [5.74, 6) is 0.764. The standard InChI is InChI=1S/C14H14N2OS/c1-8-5-11(12(17-4)6-9(8)2)14-13(7-15)18-10(3)16-14/h5-6H,1-4H3. The van der Waals surface area contributed by atoms with Crippen molar-refractivity contribution in [2.75, 3.05) is 7.11 Å². The van der Waals surface area contributed by atoms with Crippen LogP contribution in [-0.4, -0.2) is 12.1 Å². The van der Waals surface area contributed by atoms with Gasteiger partial charge in [-0.3, -0.25) is 0 Å². The Labute approximate surface area is 111 Å². The van der Waals surface area contributed by atoms with Crippen LogP contribution in [0.3, 0.4) is 0 Å². The summed E-state index contributed by atoms with van der Waals surface area (Å²) in [6.07, 6.45) is 0. The highest BCUT2D eigenvalue weighted by molar-refractivity contribution is 7.12. The molecule has 0 aliphatic carbocycles. The Morgan fingerprint density at radius 3 is 2.50 bits per heavy atom. The fraction of sp³-hybridized carbons (Fsp3) is 0.286. The van der Waals surface area contributed by atoms with Crippen molar-refractivity contribution >= 4 is 11.3 Å². The molecule has 0 bridgehead atoms. The van der Waals surface area contributed by atoms with Crippen LogP contribution >= 0.6 is 11.3 Å². The van der Waals surface area contributed by atoms with E-state index in [0.717, 1.165) is 22.0 Å². The van der Waals surface area contributed by atoms with E-state index < -0.39 is 0 Å². The lowest BCUT2D eigenvalue weighted by Crippen LogP contribution is -1.93. The van der Waals surface area contributed by atoms with Crippen molar-refractivity contribution in [3.63, 3.8) is 0 Å². The van der Waals surface area contributed by atoms with Crippen molar-refractivity contribution in [3.05, 3.63) is 33.1 Å². The Bertz CT molecular complexity index is 638. The van der Waals surface area contributed by atoms with E-state index in [9.17, 15) is 0 Å². The molecule has 18 heavy (non-hydrogen) atoms. The molecule has 0 spiro atoms. The molecule has 2 aromatic rings. The number of aryl methyl sites for hydroxylation is 3. The highest BCUT2D eigenvalue weighted by Gasteiger charge is 2.16. The van der Waals surface area contributed by atoms with Gasteiger partial charge in [0.15, 0.2) is 0 Å². The predicted molar refractivity (Wildman–Crippen MR) is 73.0 cm³/mol. The van der Waals surface area contributed by atoms with E-state index in [-0.39, 0.29) is 0 Å². The van der Waals surface area contributed by atoms with Gasteiger partial charge >= 0.3 is 0 Å². The molecule has 1 aromatic carbocycles. The van der Waals surface area contributed by atoms with Gasteiger partial charge in [0.2, 0.25) is 0 Å². The molecule has 0 aliphatic heterocycles. The van der Waals surface area contributed by atoms with Crippen molar-refractivity contribution in [1.82, 2.24) is 4.98 Å². The maximum absolute atomic E-state index is 9.16. The summed E-state index contributed by atoms with van der Waals surface area (Å²) in [5, 5.41) is 10.1. The maximum atomic E-state index is 9.16. The van der Waals surface area contributed by atoms with Crippen LogP contribution in [0.2, 0.25) is 0 Å². The third-order valence-corrected chi connectivity index (χ3v) is 3.78. The third-order valence-electron chi connectivity index (χ3n) is 2.91. The largest absolute Gasteiger partial charge is 0.496 e. The normalized spacial score (nSPS) is 10.2. The fourth-order valence-electron chi connectivity index (χ4n) is 1.83. The number of hydrogen-bond donors (Lipinski definition) is 0. The first-order valence-corrected chi connectivity index (χ1v) is 6.41. The maximum Gasteiger partial charge on any atom is 0.133 e. The van der Waals surface area contributed by atoms with Gasteiger partial charge in [-0.05, 0) is 44.0 Å². The van der Waals surface area contributed by atoms with Gasteiger partial charge in [0.1, 0.15) is 22.4 Å². The molecular weight excluding hydrogens is 244 g/mol. The van der Waals surface area contributed by atoms with E-state index in [2.05, 4.69) is 11.1 Å². The van der Waals surface area contributed by atoms with E-state index in [1.807, 2.05) is 32.9 Å². The molecule has 2 rings (SSSR count). The summed E-state index contributed by atoms with van der Waals surface area (Å²) in [7, 11) is 1.64. The number of hydrogen-bond acceptors (Lipinski definition) is 4. The minimum atomic E-state index is 0.633. The average Bonchev–Trinajstić information content (AvgIpc) is 2.73. The summed E-state index contributed by atoms with van der Waals surface area (Å²) < 4.78 is 5.40. The number of rotatable bonds is 2. The number of ether oxygens (including phenoxy) is 1. The Morgan fingerprint density at radius 1 is 1.22 bits per heavy atom. The molecule has 0 saturated carbocycles. The van der Waals surface area contributed by atoms with Gasteiger partial charge in [0.25, 0.3) is 0 Å². The molecule has 1 aromatic heterocycles. The molecule has 4 heteroatoms. The second-order valence-electron chi connectivity index (χ2n) is 4.16. The van der Waals surface area contributed by atoms with Crippen LogP contribution in [0, 0.1) is 32.1 Å². The highest BCUT2D eigenvalue weighted by atomic mass is 32.1. The lowest BCUT2D eigenvalue weighted by atomic mass is 10.0. The number of nitrogens with zero attached hydrogens (tertiary/aromatic N) is 2. The minimum absolute atomic E-state index is 0.633. The Kier molecular flexibility index (Phi) is 3.35. The first kappa shape index (κ1) is 12.6. The zero-order chi connectivity index (χ0) is 13.3. The molecule has 0 radical (unpaired) electrons. The number of thiazole rings is 1. The van der Waals surface area contributed by atoms with Gasteiger partial charge < -0.3 is 4.74 Å². The van der Waals surface area contributed by atoms with Crippen LogP contribution in [0.5, 0.6) is 5.75 Å². The number of aromatic nitrogens is 1. The van der Waals surface area contributed by atoms with E-state index in [1.54, 1.807) is 7.11 Å². The van der Waals surface area contributed by atoms with E-state index in [0.29, 0.717) is 4.88 Å². The SMILES string of the molecule is COc1cc(C)c(C)cc1-c1nc(C)sc1C#N. The van der Waals surface area contributed by atoms with Crippen LogP contribution in [0.4, 0.5) is 0 Å². The van der Waals surface area contributed by atoms with E-state index in [4.69, 9.17) is 10.00 Å². The van der Waals surface area contributed by atoms with E-state index >= 15 is 0 Å². The number of nitriles is 1. The van der Waals surface area contributed by atoms with Crippen LogP contribution in [0.25, 0.3) is 11.3 Å². The smallest absolute Gasteiger partial charge is 0.133 e. The molecule has 1 heterocycles. The third kappa shape index (κ3) is 2.09. The highest BCUT2D eigenvalue weighted by Crippen LogP contribution is 2.35. The van der Waals surface area contributed by atoms with Crippen molar-refractivity contribution in [3.8, 4) is 23.1 Å². The fourth-order valence-corrected chi connectivity index (χ4v) is 2.56. The minimum Gasteiger partial charge on any atom is -0.496 e. The second-order valence-corrected chi connectivity index (χ2v) is 5.36. The molecule has 0 amide bonds. The Hall–Kier alpha value is -1.86. The summed E-state index contributed by atoms with van der Waals surface area (Å²) in [6.45, 7) is 5.99. The van der Waals surface area contributed by atoms with Crippen LogP contribution < -0.4 is 4.74 Å². The summed E-state index contributed by atoms with van der Waals surface area (Å²) >= 11 is 1.41. The van der Waals surface area contributed by atoms with Gasteiger partial charge in [-0.15, -0.1) is 11.3 Å². The molecule has 0 N–H and O–H groups in total. The van der Waals surface area contributed by atoms with Crippen LogP contribution in [-0.2, 0) is 0 Å². The van der Waals surface area contributed by atoms with Crippen molar-refractivity contribution < 1.29 is 4.74 Å².